The SMILES string of the molecule is CCCC(C#N)c1cc(C)c(OC)cc1C. The van der Waals surface area contributed by atoms with Crippen LogP contribution in [0.25, 0.3) is 0 Å². The summed E-state index contributed by atoms with van der Waals surface area (Å²) in [5.74, 6) is 0.907. The average molecular weight is 217 g/mol. The molecule has 2 nitrogen and oxygen atoms in total. The van der Waals surface area contributed by atoms with Gasteiger partial charge in [0.1, 0.15) is 5.75 Å². The van der Waals surface area contributed by atoms with E-state index in [4.69, 9.17) is 4.74 Å². The fourth-order valence-corrected chi connectivity index (χ4v) is 1.99. The van der Waals surface area contributed by atoms with Crippen molar-refractivity contribution in [3.05, 3.63) is 28.8 Å². The zero-order valence-corrected chi connectivity index (χ0v) is 10.5. The summed E-state index contributed by atoms with van der Waals surface area (Å²) in [6.45, 7) is 6.16. The number of nitrogens with zero attached hydrogens (tertiary/aromatic N) is 1. The topological polar surface area (TPSA) is 33.0 Å². The zero-order valence-electron chi connectivity index (χ0n) is 10.5. The standard InChI is InChI=1S/C14H19NO/c1-5-6-12(9-15)13-7-11(3)14(16-4)8-10(13)2/h7-8,12H,5-6H2,1-4H3. The molecule has 2 heteroatoms. The molecule has 0 saturated carbocycles. The highest BCUT2D eigenvalue weighted by molar-refractivity contribution is 5.44. The molecular weight excluding hydrogens is 198 g/mol. The third-order valence-electron chi connectivity index (χ3n) is 2.89. The number of aryl methyl sites for hydroxylation is 2. The molecule has 0 saturated heterocycles. The fraction of sp³-hybridized carbons (Fsp3) is 0.500. The van der Waals surface area contributed by atoms with Crippen LogP contribution in [0.2, 0.25) is 0 Å². The molecule has 1 aromatic carbocycles. The molecule has 0 aromatic heterocycles. The van der Waals surface area contributed by atoms with Crippen LogP contribution in [0.5, 0.6) is 5.75 Å². The smallest absolute Gasteiger partial charge is 0.122 e. The number of ether oxygens (including phenoxy) is 1. The highest BCUT2D eigenvalue weighted by atomic mass is 16.5. The fourth-order valence-electron chi connectivity index (χ4n) is 1.99. The molecule has 0 radical (unpaired) electrons. The summed E-state index contributed by atoms with van der Waals surface area (Å²) in [7, 11) is 1.68. The predicted molar refractivity (Wildman–Crippen MR) is 65.7 cm³/mol. The molecule has 1 unspecified atom stereocenters. The molecule has 86 valence electrons. The number of hydrogen-bond donors (Lipinski definition) is 0. The second-order valence-corrected chi connectivity index (χ2v) is 4.15. The predicted octanol–water partition coefficient (Wildman–Crippen LogP) is 3.72. The monoisotopic (exact) mass is 217 g/mol. The van der Waals surface area contributed by atoms with Crippen LogP contribution in [0, 0.1) is 25.2 Å². The maximum absolute atomic E-state index is 9.17. The van der Waals surface area contributed by atoms with Gasteiger partial charge in [0.25, 0.3) is 0 Å². The van der Waals surface area contributed by atoms with Gasteiger partial charge in [0.05, 0.1) is 19.1 Å². The Hall–Kier alpha value is -1.49. The van der Waals surface area contributed by atoms with Crippen LogP contribution in [0.15, 0.2) is 12.1 Å². The number of hydrogen-bond acceptors (Lipinski definition) is 2. The summed E-state index contributed by atoms with van der Waals surface area (Å²) >= 11 is 0. The Morgan fingerprint density at radius 3 is 2.50 bits per heavy atom. The number of rotatable bonds is 4. The van der Waals surface area contributed by atoms with E-state index in [0.717, 1.165) is 35.3 Å². The number of benzene rings is 1. The first-order chi connectivity index (χ1) is 7.63. The van der Waals surface area contributed by atoms with E-state index in [1.807, 2.05) is 19.9 Å². The van der Waals surface area contributed by atoms with Gasteiger partial charge >= 0.3 is 0 Å². The van der Waals surface area contributed by atoms with Crippen LogP contribution in [-0.2, 0) is 0 Å². The van der Waals surface area contributed by atoms with Gasteiger partial charge in [0, 0.05) is 0 Å². The summed E-state index contributed by atoms with van der Waals surface area (Å²) in [6.07, 6.45) is 1.95. The average Bonchev–Trinajstić information content (AvgIpc) is 2.28. The Bertz CT molecular complexity index is 404. The first-order valence-corrected chi connectivity index (χ1v) is 5.68. The van der Waals surface area contributed by atoms with Crippen molar-refractivity contribution in [1.29, 1.82) is 5.26 Å². The molecular formula is C14H19NO. The molecule has 0 aliphatic heterocycles. The van der Waals surface area contributed by atoms with E-state index >= 15 is 0 Å². The molecule has 0 fully saturated rings. The van der Waals surface area contributed by atoms with Gasteiger partial charge < -0.3 is 4.74 Å². The van der Waals surface area contributed by atoms with E-state index in [-0.39, 0.29) is 5.92 Å². The van der Waals surface area contributed by atoms with E-state index in [1.54, 1.807) is 7.11 Å². The molecule has 1 aromatic rings. The van der Waals surface area contributed by atoms with E-state index in [1.165, 1.54) is 0 Å². The quantitative estimate of drug-likeness (QED) is 0.770. The Morgan fingerprint density at radius 1 is 1.31 bits per heavy atom. The van der Waals surface area contributed by atoms with Gasteiger partial charge in [-0.2, -0.15) is 5.26 Å². The van der Waals surface area contributed by atoms with Crippen molar-refractivity contribution in [2.45, 2.75) is 39.5 Å². The maximum Gasteiger partial charge on any atom is 0.122 e. The molecule has 0 heterocycles. The molecule has 1 rings (SSSR count). The molecule has 0 aliphatic rings. The van der Waals surface area contributed by atoms with E-state index in [0.29, 0.717) is 0 Å². The van der Waals surface area contributed by atoms with Gasteiger partial charge in [0.2, 0.25) is 0 Å². The summed E-state index contributed by atoms with van der Waals surface area (Å²) in [5.41, 5.74) is 3.38. The van der Waals surface area contributed by atoms with E-state index in [9.17, 15) is 5.26 Å². The van der Waals surface area contributed by atoms with Gasteiger partial charge in [-0.25, -0.2) is 0 Å². The normalized spacial score (nSPS) is 11.9. The van der Waals surface area contributed by atoms with Gasteiger partial charge in [-0.15, -0.1) is 0 Å². The lowest BCUT2D eigenvalue weighted by atomic mass is 9.91. The minimum Gasteiger partial charge on any atom is -0.496 e. The molecule has 0 bridgehead atoms. The lowest BCUT2D eigenvalue weighted by Crippen LogP contribution is -2.00. The lowest BCUT2D eigenvalue weighted by Gasteiger charge is -2.14. The van der Waals surface area contributed by atoms with Crippen molar-refractivity contribution in [2.24, 2.45) is 0 Å². The minimum atomic E-state index is 0.00889. The van der Waals surface area contributed by atoms with Crippen molar-refractivity contribution in [3.63, 3.8) is 0 Å². The van der Waals surface area contributed by atoms with Gasteiger partial charge in [-0.05, 0) is 43.0 Å². The molecule has 16 heavy (non-hydrogen) atoms. The Kier molecular flexibility index (Phi) is 4.37. The van der Waals surface area contributed by atoms with Crippen LogP contribution in [0.3, 0.4) is 0 Å². The van der Waals surface area contributed by atoms with Crippen molar-refractivity contribution >= 4 is 0 Å². The van der Waals surface area contributed by atoms with Crippen LogP contribution in [-0.4, -0.2) is 7.11 Å². The molecule has 0 spiro atoms. The van der Waals surface area contributed by atoms with Crippen molar-refractivity contribution in [1.82, 2.24) is 0 Å². The van der Waals surface area contributed by atoms with Crippen molar-refractivity contribution < 1.29 is 4.74 Å². The third-order valence-corrected chi connectivity index (χ3v) is 2.89. The maximum atomic E-state index is 9.17. The summed E-state index contributed by atoms with van der Waals surface area (Å²) < 4.78 is 5.27. The van der Waals surface area contributed by atoms with Crippen LogP contribution >= 0.6 is 0 Å². The van der Waals surface area contributed by atoms with Gasteiger partial charge in [-0.3, -0.25) is 0 Å². The van der Waals surface area contributed by atoms with Crippen LogP contribution < -0.4 is 4.74 Å². The van der Waals surface area contributed by atoms with Crippen molar-refractivity contribution in [3.8, 4) is 11.8 Å². The van der Waals surface area contributed by atoms with Crippen LogP contribution in [0.4, 0.5) is 0 Å². The highest BCUT2D eigenvalue weighted by Gasteiger charge is 2.14. The van der Waals surface area contributed by atoms with Crippen LogP contribution in [0.1, 0.15) is 42.4 Å². The van der Waals surface area contributed by atoms with Crippen molar-refractivity contribution in [2.75, 3.05) is 7.11 Å². The molecule has 0 amide bonds. The molecule has 0 aliphatic carbocycles. The third kappa shape index (κ3) is 2.55. The largest absolute Gasteiger partial charge is 0.496 e. The summed E-state index contributed by atoms with van der Waals surface area (Å²) in [5, 5.41) is 9.17. The molecule has 0 N–H and O–H groups in total. The van der Waals surface area contributed by atoms with E-state index in [2.05, 4.69) is 19.1 Å². The Morgan fingerprint density at radius 2 is 2.00 bits per heavy atom. The first-order valence-electron chi connectivity index (χ1n) is 5.68. The second kappa shape index (κ2) is 5.55. The Balaban J connectivity index is 3.14. The second-order valence-electron chi connectivity index (χ2n) is 4.15. The zero-order chi connectivity index (χ0) is 12.1. The lowest BCUT2D eigenvalue weighted by molar-refractivity contribution is 0.411. The first kappa shape index (κ1) is 12.6. The van der Waals surface area contributed by atoms with Gasteiger partial charge in [-0.1, -0.05) is 19.4 Å². The highest BCUT2D eigenvalue weighted by Crippen LogP contribution is 2.29. The molecule has 1 atom stereocenters. The van der Waals surface area contributed by atoms with Gasteiger partial charge in [0.15, 0.2) is 0 Å². The summed E-state index contributed by atoms with van der Waals surface area (Å²) in [6, 6.07) is 6.48. The Labute approximate surface area is 97.9 Å². The summed E-state index contributed by atoms with van der Waals surface area (Å²) in [4.78, 5) is 0. The number of nitriles is 1. The number of methoxy groups -OCH3 is 1. The van der Waals surface area contributed by atoms with E-state index < -0.39 is 0 Å². The minimum absolute atomic E-state index is 0.00889.